The lowest BCUT2D eigenvalue weighted by molar-refractivity contribution is -0.143. The van der Waals surface area contributed by atoms with E-state index in [0.29, 0.717) is 35.1 Å². The molecule has 10 nitrogen and oxygen atoms in total. The van der Waals surface area contributed by atoms with Crippen LogP contribution in [0.5, 0.6) is 0 Å². The Hall–Kier alpha value is -4.65. The molecule has 0 spiro atoms. The molecule has 3 heterocycles. The van der Waals surface area contributed by atoms with Crippen molar-refractivity contribution >= 4 is 11.9 Å². The Bertz CT molecular complexity index is 1500. The van der Waals surface area contributed by atoms with Crippen LogP contribution in [0.1, 0.15) is 55.5 Å². The molecule has 3 aromatic heterocycles. The molecular weight excluding hydrogens is 480 g/mol. The van der Waals surface area contributed by atoms with Gasteiger partial charge in [0.2, 0.25) is 5.95 Å². The molecule has 1 saturated carbocycles. The van der Waals surface area contributed by atoms with Gasteiger partial charge in [-0.05, 0) is 61.9 Å². The third-order valence-corrected chi connectivity index (χ3v) is 7.28. The van der Waals surface area contributed by atoms with Gasteiger partial charge in [-0.15, -0.1) is 5.10 Å². The van der Waals surface area contributed by atoms with Crippen LogP contribution in [0.2, 0.25) is 0 Å². The third-order valence-electron chi connectivity index (χ3n) is 7.28. The number of nitrogens with zero attached hydrogens (tertiary/aromatic N) is 7. The molecule has 1 aliphatic rings. The predicted octanol–water partition coefficient (Wildman–Crippen LogP) is 4.29. The van der Waals surface area contributed by atoms with Crippen LogP contribution in [0.4, 0.5) is 5.95 Å². The highest BCUT2D eigenvalue weighted by Crippen LogP contribution is 2.37. The zero-order chi connectivity index (χ0) is 26.6. The van der Waals surface area contributed by atoms with Gasteiger partial charge in [-0.2, -0.15) is 5.26 Å². The lowest BCUT2D eigenvalue weighted by Crippen LogP contribution is -2.24. The Morgan fingerprint density at radius 3 is 2.61 bits per heavy atom. The van der Waals surface area contributed by atoms with Crippen molar-refractivity contribution in [3.8, 4) is 28.7 Å². The lowest BCUT2D eigenvalue weighted by atomic mass is 9.75. The van der Waals surface area contributed by atoms with Crippen molar-refractivity contribution in [2.45, 2.75) is 45.1 Å². The summed E-state index contributed by atoms with van der Waals surface area (Å²) in [7, 11) is 0. The van der Waals surface area contributed by atoms with Crippen LogP contribution in [0, 0.1) is 23.2 Å². The number of nitrogens with two attached hydrogens (primary N) is 1. The number of hydrogen-bond acceptors (Lipinski definition) is 8. The summed E-state index contributed by atoms with van der Waals surface area (Å²) >= 11 is 0. The highest BCUT2D eigenvalue weighted by Gasteiger charge is 2.30. The molecule has 0 aliphatic heterocycles. The number of carboxylic acid groups (broad SMARTS) is 1. The van der Waals surface area contributed by atoms with Crippen molar-refractivity contribution in [2.75, 3.05) is 5.73 Å². The second-order valence-corrected chi connectivity index (χ2v) is 9.78. The van der Waals surface area contributed by atoms with Crippen LogP contribution in [-0.2, 0) is 11.3 Å². The second kappa shape index (κ2) is 10.8. The molecule has 38 heavy (non-hydrogen) atoms. The minimum absolute atomic E-state index is 0.107. The third kappa shape index (κ3) is 5.52. The maximum Gasteiger partial charge on any atom is 0.306 e. The van der Waals surface area contributed by atoms with Gasteiger partial charge in [0.05, 0.1) is 47.4 Å². The molecule has 0 radical (unpaired) electrons. The number of nitrogen functional groups attached to an aromatic ring is 1. The maximum atomic E-state index is 11.3. The molecular formula is C28H28N8O2. The van der Waals surface area contributed by atoms with Gasteiger partial charge in [-0.25, -0.2) is 14.6 Å². The molecule has 3 N–H and O–H groups in total. The Morgan fingerprint density at radius 2 is 1.84 bits per heavy atom. The largest absolute Gasteiger partial charge is 0.481 e. The number of carbonyl (C=O) groups is 1. The van der Waals surface area contributed by atoms with Crippen LogP contribution >= 0.6 is 0 Å². The van der Waals surface area contributed by atoms with E-state index in [9.17, 15) is 15.2 Å². The number of hydrogen-bond donors (Lipinski definition) is 2. The average molecular weight is 509 g/mol. The first-order valence-corrected chi connectivity index (χ1v) is 12.6. The fraction of sp³-hybridized carbons (Fsp3) is 0.321. The van der Waals surface area contributed by atoms with Gasteiger partial charge in [0.1, 0.15) is 5.69 Å². The van der Waals surface area contributed by atoms with E-state index in [4.69, 9.17) is 10.7 Å². The highest BCUT2D eigenvalue weighted by atomic mass is 16.4. The second-order valence-electron chi connectivity index (χ2n) is 9.78. The van der Waals surface area contributed by atoms with E-state index in [0.717, 1.165) is 42.6 Å². The molecule has 192 valence electrons. The fourth-order valence-corrected chi connectivity index (χ4v) is 5.10. The first-order chi connectivity index (χ1) is 18.4. The molecule has 4 aromatic rings. The maximum absolute atomic E-state index is 11.3. The predicted molar refractivity (Wildman–Crippen MR) is 140 cm³/mol. The number of carboxylic acids is 1. The molecule has 0 bridgehead atoms. The van der Waals surface area contributed by atoms with Crippen molar-refractivity contribution in [2.24, 2.45) is 11.8 Å². The van der Waals surface area contributed by atoms with Gasteiger partial charge >= 0.3 is 5.97 Å². The van der Waals surface area contributed by atoms with Crippen LogP contribution in [0.25, 0.3) is 22.6 Å². The molecule has 1 fully saturated rings. The van der Waals surface area contributed by atoms with E-state index in [1.54, 1.807) is 35.1 Å². The number of nitriles is 1. The lowest BCUT2D eigenvalue weighted by Gasteiger charge is -2.30. The molecule has 1 atom stereocenters. The quantitative estimate of drug-likeness (QED) is 0.371. The van der Waals surface area contributed by atoms with Crippen LogP contribution < -0.4 is 5.73 Å². The normalized spacial score (nSPS) is 18.0. The van der Waals surface area contributed by atoms with Crippen LogP contribution in [-0.4, -0.2) is 41.0 Å². The Kier molecular flexibility index (Phi) is 7.09. The van der Waals surface area contributed by atoms with Gasteiger partial charge in [0.15, 0.2) is 0 Å². The van der Waals surface area contributed by atoms with E-state index >= 15 is 0 Å². The molecule has 1 aromatic carbocycles. The SMILES string of the molecule is CC(c1cccc(Cn2cc(-c3cc(-c4cccc(C#N)c4)nc(N)n3)nn2)n1)[C@H]1CC[C@H](C(=O)O)CC1. The smallest absolute Gasteiger partial charge is 0.306 e. The number of pyridine rings is 1. The van der Waals surface area contributed by atoms with E-state index in [1.807, 2.05) is 24.3 Å². The summed E-state index contributed by atoms with van der Waals surface area (Å²) < 4.78 is 1.71. The minimum atomic E-state index is -0.683. The van der Waals surface area contributed by atoms with Gasteiger partial charge in [0, 0.05) is 17.2 Å². The summed E-state index contributed by atoms with van der Waals surface area (Å²) in [6.07, 6.45) is 5.06. The summed E-state index contributed by atoms with van der Waals surface area (Å²) in [5.74, 6) is -0.119. The fourth-order valence-electron chi connectivity index (χ4n) is 5.10. The molecule has 1 aliphatic carbocycles. The van der Waals surface area contributed by atoms with Crippen molar-refractivity contribution in [1.29, 1.82) is 5.26 Å². The summed E-state index contributed by atoms with van der Waals surface area (Å²) in [4.78, 5) is 24.8. The Morgan fingerprint density at radius 1 is 1.08 bits per heavy atom. The number of benzene rings is 1. The van der Waals surface area contributed by atoms with E-state index in [-0.39, 0.29) is 17.8 Å². The molecule has 0 amide bonds. The Labute approximate surface area is 220 Å². The summed E-state index contributed by atoms with van der Waals surface area (Å²) in [6, 6.07) is 17.0. The molecule has 1 unspecified atom stereocenters. The molecule has 5 rings (SSSR count). The standard InChI is InChI=1S/C28H28N8O2/c1-17(19-8-10-20(11-9-19)27(37)38)23-7-3-6-22(31-23)15-36-16-26(34-35-36)25-13-24(32-28(30)33-25)21-5-2-4-18(12-21)14-29/h2-7,12-13,16-17,19-20H,8-11,15H2,1H3,(H,37,38)(H2,30,32,33)/t17?,19-,20-. The first kappa shape index (κ1) is 25.0. The zero-order valence-corrected chi connectivity index (χ0v) is 21.0. The van der Waals surface area contributed by atoms with E-state index in [1.165, 1.54) is 0 Å². The monoisotopic (exact) mass is 508 g/mol. The Balaban J connectivity index is 1.31. The van der Waals surface area contributed by atoms with Gasteiger partial charge in [-0.1, -0.05) is 30.3 Å². The highest BCUT2D eigenvalue weighted by molar-refractivity contribution is 5.70. The minimum Gasteiger partial charge on any atom is -0.481 e. The van der Waals surface area contributed by atoms with Gasteiger partial charge < -0.3 is 10.8 Å². The van der Waals surface area contributed by atoms with Crippen molar-refractivity contribution in [1.82, 2.24) is 29.9 Å². The van der Waals surface area contributed by atoms with Crippen molar-refractivity contribution in [3.63, 3.8) is 0 Å². The van der Waals surface area contributed by atoms with E-state index < -0.39 is 5.97 Å². The van der Waals surface area contributed by atoms with Gasteiger partial charge in [-0.3, -0.25) is 9.78 Å². The average Bonchev–Trinajstić information content (AvgIpc) is 3.41. The van der Waals surface area contributed by atoms with Crippen molar-refractivity contribution in [3.05, 3.63) is 71.7 Å². The van der Waals surface area contributed by atoms with Gasteiger partial charge in [0.25, 0.3) is 0 Å². The summed E-state index contributed by atoms with van der Waals surface area (Å²) in [5, 5.41) is 27.0. The number of rotatable bonds is 7. The van der Waals surface area contributed by atoms with E-state index in [2.05, 4.69) is 33.3 Å². The topological polar surface area (TPSA) is 156 Å². The number of anilines is 1. The van der Waals surface area contributed by atoms with Crippen molar-refractivity contribution < 1.29 is 9.90 Å². The number of aliphatic carboxylic acids is 1. The van der Waals surface area contributed by atoms with Crippen LogP contribution in [0.3, 0.4) is 0 Å². The molecule has 0 saturated heterocycles. The summed E-state index contributed by atoms with van der Waals surface area (Å²) in [5.41, 5.74) is 10.8. The molecule has 10 heteroatoms. The summed E-state index contributed by atoms with van der Waals surface area (Å²) in [6.45, 7) is 2.62. The van der Waals surface area contributed by atoms with Crippen LogP contribution in [0.15, 0.2) is 54.7 Å². The first-order valence-electron chi connectivity index (χ1n) is 12.6. The number of aromatic nitrogens is 6. The zero-order valence-electron chi connectivity index (χ0n) is 21.0.